The molecule has 1 aliphatic carbocycles. The number of ketones is 1. The lowest BCUT2D eigenvalue weighted by molar-refractivity contribution is -0.137. The highest BCUT2D eigenvalue weighted by molar-refractivity contribution is 6.17. The van der Waals surface area contributed by atoms with E-state index in [0.717, 1.165) is 23.8 Å². The zero-order valence-electron chi connectivity index (χ0n) is 29.4. The summed E-state index contributed by atoms with van der Waals surface area (Å²) in [6.07, 6.45) is 9.74. The molecule has 268 valence electrons. The Morgan fingerprint density at radius 1 is 0.840 bits per heavy atom. The molecule has 0 bridgehead atoms. The summed E-state index contributed by atoms with van der Waals surface area (Å²) in [5.41, 5.74) is 14.0. The van der Waals surface area contributed by atoms with Gasteiger partial charge in [0.05, 0.1) is 29.4 Å². The minimum Gasteiger partial charge on any atom is -0.343 e. The number of fused-ring (bicyclic) bond motifs is 1. The molecule has 10 heteroatoms. The van der Waals surface area contributed by atoms with Crippen LogP contribution in [0.1, 0.15) is 86.6 Å². The van der Waals surface area contributed by atoms with E-state index in [2.05, 4.69) is 16.0 Å². The van der Waals surface area contributed by atoms with E-state index in [1.165, 1.54) is 19.3 Å². The van der Waals surface area contributed by atoms with E-state index in [1.54, 1.807) is 18.0 Å². The van der Waals surface area contributed by atoms with Gasteiger partial charge in [-0.15, -0.1) is 0 Å². The second kappa shape index (κ2) is 18.2. The molecule has 2 fully saturated rings. The van der Waals surface area contributed by atoms with E-state index in [9.17, 15) is 19.2 Å². The predicted octanol–water partition coefficient (Wildman–Crippen LogP) is 4.69. The third kappa shape index (κ3) is 9.35. The molecule has 50 heavy (non-hydrogen) atoms. The van der Waals surface area contributed by atoms with Gasteiger partial charge < -0.3 is 32.3 Å². The van der Waals surface area contributed by atoms with Crippen LogP contribution >= 0.6 is 0 Å². The first kappa shape index (κ1) is 37.1. The van der Waals surface area contributed by atoms with Gasteiger partial charge in [-0.2, -0.15) is 0 Å². The van der Waals surface area contributed by atoms with Crippen molar-refractivity contribution in [3.8, 4) is 0 Å². The number of benzene rings is 3. The van der Waals surface area contributed by atoms with Crippen molar-refractivity contribution < 1.29 is 19.2 Å². The maximum atomic E-state index is 14.6. The first-order chi connectivity index (χ1) is 24.3. The smallest absolute Gasteiger partial charge is 0.245 e. The fourth-order valence-electron chi connectivity index (χ4n) is 7.62. The van der Waals surface area contributed by atoms with Crippen molar-refractivity contribution in [2.75, 3.05) is 25.5 Å². The van der Waals surface area contributed by atoms with Crippen LogP contribution in [0.25, 0.3) is 10.8 Å². The fraction of sp³-hybridized carbons (Fsp3) is 0.500. The van der Waals surface area contributed by atoms with Gasteiger partial charge >= 0.3 is 0 Å². The van der Waals surface area contributed by atoms with E-state index in [1.807, 2.05) is 60.7 Å². The Morgan fingerprint density at radius 2 is 1.58 bits per heavy atom. The van der Waals surface area contributed by atoms with Crippen LogP contribution in [0.2, 0.25) is 0 Å². The summed E-state index contributed by atoms with van der Waals surface area (Å²) in [6.45, 7) is 0.878. The Hall–Kier alpha value is -4.12. The molecule has 7 N–H and O–H groups in total. The molecular formula is C40H54N6O4. The number of unbranched alkanes of at least 4 members (excludes halogenated alkanes) is 1. The van der Waals surface area contributed by atoms with Crippen LogP contribution in [-0.2, 0) is 20.8 Å². The van der Waals surface area contributed by atoms with Gasteiger partial charge in [0.15, 0.2) is 5.78 Å². The number of amides is 3. The van der Waals surface area contributed by atoms with E-state index >= 15 is 0 Å². The van der Waals surface area contributed by atoms with Crippen molar-refractivity contribution in [3.63, 3.8) is 0 Å². The SMILES string of the molecule is CN[C@@H](Cc1ccccc1)C(=O)N[C@@H](CCCCN)C(=O)N1CCC[C@H]1C(=O)c1c(NC(=O)[C@H](N)CC2CCCCC2)ccc2ccccc12. The van der Waals surface area contributed by atoms with Gasteiger partial charge in [0, 0.05) is 6.54 Å². The standard InChI is InChI=1S/C40H54N6O4/c1-43-34(26-28-15-6-3-7-16-28)39(49)45-33(19-10-11-23-41)40(50)46-24-12-20-35(46)37(47)36-30-18-9-8-17-29(30)21-22-32(36)44-38(48)31(42)25-27-13-4-2-5-14-27/h3,6-9,15-18,21-22,27,31,33-35,43H,2,4-5,10-14,19-20,23-26,41-42H2,1H3,(H,44,48)(H,45,49)/t31-,33+,34+,35+/m1/s1. The summed E-state index contributed by atoms with van der Waals surface area (Å²) in [7, 11) is 1.73. The maximum absolute atomic E-state index is 14.6. The van der Waals surface area contributed by atoms with Gasteiger partial charge in [-0.25, -0.2) is 0 Å². The highest BCUT2D eigenvalue weighted by Crippen LogP contribution is 2.33. The molecule has 1 saturated carbocycles. The third-order valence-electron chi connectivity index (χ3n) is 10.4. The number of likely N-dealkylation sites (N-methyl/N-ethyl adjacent to an activating group) is 1. The highest BCUT2D eigenvalue weighted by atomic mass is 16.2. The Morgan fingerprint density at radius 3 is 2.32 bits per heavy atom. The molecule has 1 heterocycles. The van der Waals surface area contributed by atoms with Gasteiger partial charge in [0.2, 0.25) is 17.7 Å². The lowest BCUT2D eigenvalue weighted by Crippen LogP contribution is -2.55. The molecule has 3 aromatic rings. The van der Waals surface area contributed by atoms with Gasteiger partial charge in [-0.1, -0.05) is 92.8 Å². The quantitative estimate of drug-likeness (QED) is 0.108. The number of nitrogens with one attached hydrogen (secondary N) is 3. The van der Waals surface area contributed by atoms with Crippen molar-refractivity contribution >= 4 is 40.0 Å². The Bertz CT molecular complexity index is 1610. The molecule has 0 spiro atoms. The van der Waals surface area contributed by atoms with E-state index in [-0.39, 0.29) is 23.5 Å². The number of hydrogen-bond acceptors (Lipinski definition) is 7. The molecule has 3 amide bonds. The highest BCUT2D eigenvalue weighted by Gasteiger charge is 2.39. The Kier molecular flexibility index (Phi) is 13.5. The summed E-state index contributed by atoms with van der Waals surface area (Å²) >= 11 is 0. The molecule has 5 rings (SSSR count). The number of hydrogen-bond donors (Lipinski definition) is 5. The number of anilines is 1. The molecule has 1 saturated heterocycles. The zero-order valence-corrected chi connectivity index (χ0v) is 29.4. The third-order valence-corrected chi connectivity index (χ3v) is 10.4. The van der Waals surface area contributed by atoms with Crippen LogP contribution in [0.3, 0.4) is 0 Å². The molecule has 10 nitrogen and oxygen atoms in total. The summed E-state index contributed by atoms with van der Waals surface area (Å²) in [4.78, 5) is 57.6. The van der Waals surface area contributed by atoms with Crippen LogP contribution < -0.4 is 27.4 Å². The second-order valence-corrected chi connectivity index (χ2v) is 14.0. The van der Waals surface area contributed by atoms with Gasteiger partial charge in [0.1, 0.15) is 6.04 Å². The summed E-state index contributed by atoms with van der Waals surface area (Å²) in [6, 6.07) is 18.2. The minimum atomic E-state index is -0.807. The summed E-state index contributed by atoms with van der Waals surface area (Å²) in [5.74, 6) is -0.654. The molecule has 0 unspecified atom stereocenters. The van der Waals surface area contributed by atoms with Crippen molar-refractivity contribution in [1.29, 1.82) is 0 Å². The Labute approximate surface area is 296 Å². The van der Waals surface area contributed by atoms with Crippen LogP contribution in [-0.4, -0.2) is 72.7 Å². The first-order valence-corrected chi connectivity index (χ1v) is 18.4. The average molecular weight is 683 g/mol. The lowest BCUT2D eigenvalue weighted by atomic mass is 9.85. The average Bonchev–Trinajstić information content (AvgIpc) is 3.64. The zero-order chi connectivity index (χ0) is 35.5. The minimum absolute atomic E-state index is 0.229. The van der Waals surface area contributed by atoms with Crippen LogP contribution in [0.5, 0.6) is 0 Å². The van der Waals surface area contributed by atoms with Crippen LogP contribution in [0, 0.1) is 5.92 Å². The largest absolute Gasteiger partial charge is 0.343 e. The maximum Gasteiger partial charge on any atom is 0.245 e. The monoisotopic (exact) mass is 682 g/mol. The van der Waals surface area contributed by atoms with Gasteiger partial charge in [-0.05, 0) is 86.9 Å². The topological polar surface area (TPSA) is 160 Å². The van der Waals surface area contributed by atoms with Gasteiger partial charge in [0.25, 0.3) is 0 Å². The van der Waals surface area contributed by atoms with Crippen molar-refractivity contribution in [2.45, 2.75) is 101 Å². The Balaban J connectivity index is 1.37. The van der Waals surface area contributed by atoms with E-state index in [0.29, 0.717) is 80.6 Å². The van der Waals surface area contributed by atoms with Crippen molar-refractivity contribution in [3.05, 3.63) is 77.9 Å². The molecule has 0 aromatic heterocycles. The molecule has 2 aliphatic rings. The number of nitrogens with zero attached hydrogens (tertiary/aromatic N) is 1. The van der Waals surface area contributed by atoms with Crippen molar-refractivity contribution in [2.24, 2.45) is 17.4 Å². The number of nitrogens with two attached hydrogens (primary N) is 2. The first-order valence-electron chi connectivity index (χ1n) is 18.4. The number of Topliss-reactive ketones (excluding diaryl/α,β-unsaturated/α-hetero) is 1. The molecule has 3 aromatic carbocycles. The van der Waals surface area contributed by atoms with Gasteiger partial charge in [-0.3, -0.25) is 19.2 Å². The van der Waals surface area contributed by atoms with E-state index < -0.39 is 24.2 Å². The summed E-state index contributed by atoms with van der Waals surface area (Å²) < 4.78 is 0. The van der Waals surface area contributed by atoms with Crippen LogP contribution in [0.15, 0.2) is 66.7 Å². The lowest BCUT2D eigenvalue weighted by Gasteiger charge is -2.30. The molecule has 0 radical (unpaired) electrons. The number of likely N-dealkylation sites (tertiary alicyclic amines) is 1. The number of carbonyl (C=O) groups excluding carboxylic acids is 4. The fourth-order valence-corrected chi connectivity index (χ4v) is 7.62. The molecular weight excluding hydrogens is 628 g/mol. The summed E-state index contributed by atoms with van der Waals surface area (Å²) in [5, 5.41) is 10.7. The van der Waals surface area contributed by atoms with E-state index in [4.69, 9.17) is 11.5 Å². The molecule has 4 atom stereocenters. The predicted molar refractivity (Wildman–Crippen MR) is 199 cm³/mol. The second-order valence-electron chi connectivity index (χ2n) is 14.0. The number of rotatable bonds is 16. The number of carbonyl (C=O) groups is 4. The van der Waals surface area contributed by atoms with Crippen molar-refractivity contribution in [1.82, 2.24) is 15.5 Å². The molecule has 1 aliphatic heterocycles. The normalized spacial score (nSPS) is 18.4. The van der Waals surface area contributed by atoms with Crippen LogP contribution in [0.4, 0.5) is 5.69 Å².